The van der Waals surface area contributed by atoms with Crippen molar-refractivity contribution in [1.82, 2.24) is 5.32 Å². The van der Waals surface area contributed by atoms with E-state index in [0.29, 0.717) is 28.7 Å². The Morgan fingerprint density at radius 1 is 1.47 bits per heavy atom. The zero-order valence-electron chi connectivity index (χ0n) is 11.2. The number of carbonyl (C=O) groups is 1. The number of benzene rings is 1. The summed E-state index contributed by atoms with van der Waals surface area (Å²) in [5.74, 6) is -0.0721. The van der Waals surface area contributed by atoms with E-state index in [0.717, 1.165) is 13.0 Å². The van der Waals surface area contributed by atoms with Gasteiger partial charge in [0.25, 0.3) is 0 Å². The van der Waals surface area contributed by atoms with Crippen molar-refractivity contribution in [2.24, 2.45) is 0 Å². The highest BCUT2D eigenvalue weighted by Crippen LogP contribution is 2.22. The maximum atomic E-state index is 11.7. The van der Waals surface area contributed by atoms with Gasteiger partial charge in [-0.05, 0) is 31.2 Å². The van der Waals surface area contributed by atoms with Crippen molar-refractivity contribution in [2.45, 2.75) is 32.7 Å². The lowest BCUT2D eigenvalue weighted by atomic mass is 10.2. The first kappa shape index (κ1) is 15.5. The third kappa shape index (κ3) is 5.73. The van der Waals surface area contributed by atoms with Crippen LogP contribution in [0.3, 0.4) is 0 Å². The lowest BCUT2D eigenvalue weighted by molar-refractivity contribution is -0.116. The summed E-state index contributed by atoms with van der Waals surface area (Å²) in [5.41, 5.74) is 1.02. The molecule has 0 saturated carbocycles. The second kappa shape index (κ2) is 7.78. The molecule has 0 aromatic heterocycles. The largest absolute Gasteiger partial charge is 0.325 e. The molecule has 0 atom stereocenters. The van der Waals surface area contributed by atoms with Crippen LogP contribution < -0.4 is 10.6 Å². The maximum absolute atomic E-state index is 11.7. The summed E-state index contributed by atoms with van der Waals surface area (Å²) in [6.07, 6.45) is 1.22. The molecular weight excluding hydrogens is 262 g/mol. The van der Waals surface area contributed by atoms with E-state index >= 15 is 0 Å². The Hall–Kier alpha value is -1.57. The Morgan fingerprint density at radius 3 is 2.79 bits per heavy atom. The van der Waals surface area contributed by atoms with Crippen molar-refractivity contribution >= 4 is 23.2 Å². The smallest absolute Gasteiger partial charge is 0.224 e. The van der Waals surface area contributed by atoms with Crippen LogP contribution in [0.15, 0.2) is 18.2 Å². The number of halogens is 1. The second-order valence-corrected chi connectivity index (χ2v) is 4.97. The average Bonchev–Trinajstić information content (AvgIpc) is 2.37. The van der Waals surface area contributed by atoms with E-state index in [1.54, 1.807) is 12.1 Å². The standard InChI is InChI=1S/C14H18ClN3O/c1-10(2)17-7-3-4-14(19)18-13-6-5-11(9-16)8-12(13)15/h5-6,8,10,17H,3-4,7H2,1-2H3,(H,18,19). The topological polar surface area (TPSA) is 64.9 Å². The fraction of sp³-hybridized carbons (Fsp3) is 0.429. The maximum Gasteiger partial charge on any atom is 0.224 e. The highest BCUT2D eigenvalue weighted by atomic mass is 35.5. The van der Waals surface area contributed by atoms with Crippen LogP contribution in [-0.4, -0.2) is 18.5 Å². The van der Waals surface area contributed by atoms with Crippen molar-refractivity contribution in [3.05, 3.63) is 28.8 Å². The molecular formula is C14H18ClN3O. The minimum atomic E-state index is -0.0721. The van der Waals surface area contributed by atoms with Crippen molar-refractivity contribution < 1.29 is 4.79 Å². The Kier molecular flexibility index (Phi) is 6.34. The third-order valence-electron chi connectivity index (χ3n) is 2.51. The highest BCUT2D eigenvalue weighted by molar-refractivity contribution is 6.33. The lowest BCUT2D eigenvalue weighted by Gasteiger charge is -2.09. The first-order valence-corrected chi connectivity index (χ1v) is 6.63. The molecule has 1 aromatic carbocycles. The molecule has 0 heterocycles. The van der Waals surface area contributed by atoms with Crippen molar-refractivity contribution in [1.29, 1.82) is 5.26 Å². The van der Waals surface area contributed by atoms with Gasteiger partial charge in [0.2, 0.25) is 5.91 Å². The SMILES string of the molecule is CC(C)NCCCC(=O)Nc1ccc(C#N)cc1Cl. The number of nitrogens with one attached hydrogen (secondary N) is 2. The van der Waals surface area contributed by atoms with Crippen LogP contribution in [0.25, 0.3) is 0 Å². The van der Waals surface area contributed by atoms with Gasteiger partial charge in [-0.15, -0.1) is 0 Å². The molecule has 0 radical (unpaired) electrons. The van der Waals surface area contributed by atoms with E-state index in [4.69, 9.17) is 16.9 Å². The Balaban J connectivity index is 2.42. The molecule has 2 N–H and O–H groups in total. The van der Waals surface area contributed by atoms with Gasteiger partial charge in [0, 0.05) is 12.5 Å². The van der Waals surface area contributed by atoms with Gasteiger partial charge in [0.1, 0.15) is 0 Å². The molecule has 4 nitrogen and oxygen atoms in total. The molecule has 0 aliphatic carbocycles. The van der Waals surface area contributed by atoms with Crippen LogP contribution in [0.5, 0.6) is 0 Å². The summed E-state index contributed by atoms with van der Waals surface area (Å²) < 4.78 is 0. The predicted octanol–water partition coefficient (Wildman–Crippen LogP) is 2.93. The fourth-order valence-electron chi connectivity index (χ4n) is 1.54. The minimum absolute atomic E-state index is 0.0721. The first-order valence-electron chi connectivity index (χ1n) is 6.26. The van der Waals surface area contributed by atoms with E-state index in [2.05, 4.69) is 24.5 Å². The monoisotopic (exact) mass is 279 g/mol. The van der Waals surface area contributed by atoms with Crippen LogP contribution in [0.1, 0.15) is 32.3 Å². The molecule has 19 heavy (non-hydrogen) atoms. The minimum Gasteiger partial charge on any atom is -0.325 e. The number of carbonyl (C=O) groups excluding carboxylic acids is 1. The van der Waals surface area contributed by atoms with Crippen LogP contribution in [0.2, 0.25) is 5.02 Å². The molecule has 0 aliphatic heterocycles. The van der Waals surface area contributed by atoms with E-state index in [9.17, 15) is 4.79 Å². The number of nitriles is 1. The lowest BCUT2D eigenvalue weighted by Crippen LogP contribution is -2.24. The molecule has 0 fully saturated rings. The van der Waals surface area contributed by atoms with Gasteiger partial charge in [-0.1, -0.05) is 25.4 Å². The average molecular weight is 280 g/mol. The number of hydrogen-bond acceptors (Lipinski definition) is 3. The van der Waals surface area contributed by atoms with E-state index in [1.807, 2.05) is 6.07 Å². The molecule has 0 bridgehead atoms. The third-order valence-corrected chi connectivity index (χ3v) is 2.82. The van der Waals surface area contributed by atoms with Gasteiger partial charge in [0.15, 0.2) is 0 Å². The van der Waals surface area contributed by atoms with Gasteiger partial charge in [-0.25, -0.2) is 0 Å². The Bertz CT molecular complexity index is 480. The van der Waals surface area contributed by atoms with Gasteiger partial charge in [0.05, 0.1) is 22.3 Å². The second-order valence-electron chi connectivity index (χ2n) is 4.57. The van der Waals surface area contributed by atoms with Crippen LogP contribution in [0, 0.1) is 11.3 Å². The number of hydrogen-bond donors (Lipinski definition) is 2. The molecule has 0 spiro atoms. The number of nitrogens with zero attached hydrogens (tertiary/aromatic N) is 1. The zero-order chi connectivity index (χ0) is 14.3. The molecule has 5 heteroatoms. The van der Waals surface area contributed by atoms with Gasteiger partial charge >= 0.3 is 0 Å². The molecule has 0 unspecified atom stereocenters. The first-order chi connectivity index (χ1) is 9.02. The quantitative estimate of drug-likeness (QED) is 0.787. The van der Waals surface area contributed by atoms with Gasteiger partial charge in [-0.3, -0.25) is 4.79 Å². The van der Waals surface area contributed by atoms with Crippen LogP contribution in [-0.2, 0) is 4.79 Å². The number of amides is 1. The molecule has 0 aliphatic rings. The zero-order valence-corrected chi connectivity index (χ0v) is 11.9. The van der Waals surface area contributed by atoms with E-state index < -0.39 is 0 Å². The predicted molar refractivity (Wildman–Crippen MR) is 77.2 cm³/mol. The van der Waals surface area contributed by atoms with Gasteiger partial charge < -0.3 is 10.6 Å². The normalized spacial score (nSPS) is 10.3. The number of anilines is 1. The summed E-state index contributed by atoms with van der Waals surface area (Å²) in [4.78, 5) is 11.7. The molecule has 0 saturated heterocycles. The molecule has 1 aromatic rings. The van der Waals surface area contributed by atoms with E-state index in [1.165, 1.54) is 6.07 Å². The fourth-order valence-corrected chi connectivity index (χ4v) is 1.77. The van der Waals surface area contributed by atoms with Crippen molar-refractivity contribution in [3.63, 3.8) is 0 Å². The summed E-state index contributed by atoms with van der Waals surface area (Å²) >= 11 is 5.98. The van der Waals surface area contributed by atoms with Gasteiger partial charge in [-0.2, -0.15) is 5.26 Å². The summed E-state index contributed by atoms with van der Waals surface area (Å²) in [6.45, 7) is 4.94. The highest BCUT2D eigenvalue weighted by Gasteiger charge is 2.06. The molecule has 1 amide bonds. The van der Waals surface area contributed by atoms with Crippen LogP contribution >= 0.6 is 11.6 Å². The summed E-state index contributed by atoms with van der Waals surface area (Å²) in [6, 6.07) is 7.23. The summed E-state index contributed by atoms with van der Waals surface area (Å²) in [7, 11) is 0. The van der Waals surface area contributed by atoms with Crippen LogP contribution in [0.4, 0.5) is 5.69 Å². The summed E-state index contributed by atoms with van der Waals surface area (Å²) in [5, 5.41) is 15.1. The molecule has 1 rings (SSSR count). The Morgan fingerprint density at radius 2 is 2.21 bits per heavy atom. The van der Waals surface area contributed by atoms with E-state index in [-0.39, 0.29) is 5.91 Å². The molecule has 102 valence electrons. The Labute approximate surface area is 118 Å². The van der Waals surface area contributed by atoms with Crippen molar-refractivity contribution in [3.8, 4) is 6.07 Å². The number of rotatable bonds is 6. The van der Waals surface area contributed by atoms with Crippen molar-refractivity contribution in [2.75, 3.05) is 11.9 Å².